The summed E-state index contributed by atoms with van der Waals surface area (Å²) in [5.41, 5.74) is -0.201. The van der Waals surface area contributed by atoms with Gasteiger partial charge in [-0.05, 0) is 36.8 Å². The number of benzene rings is 2. The predicted molar refractivity (Wildman–Crippen MR) is 89.1 cm³/mol. The Hall–Kier alpha value is -3.22. The van der Waals surface area contributed by atoms with Crippen molar-refractivity contribution in [3.05, 3.63) is 66.0 Å². The molecule has 0 bridgehead atoms. The number of rotatable bonds is 4. The largest absolute Gasteiger partial charge is 0.325 e. The van der Waals surface area contributed by atoms with Crippen LogP contribution in [0.2, 0.25) is 0 Å². The zero-order chi connectivity index (χ0) is 18.0. The highest BCUT2D eigenvalue weighted by atomic mass is 19.1. The van der Waals surface area contributed by atoms with E-state index in [4.69, 9.17) is 0 Å². The highest BCUT2D eigenvalue weighted by molar-refractivity contribution is 6.10. The summed E-state index contributed by atoms with van der Waals surface area (Å²) in [4.78, 5) is 37.8. The first kappa shape index (κ1) is 16.6. The average molecular weight is 341 g/mol. The quantitative estimate of drug-likeness (QED) is 0.837. The zero-order valence-electron chi connectivity index (χ0n) is 13.5. The minimum absolute atomic E-state index is 0.379. The molecular formula is C18H16FN3O3. The van der Waals surface area contributed by atoms with E-state index >= 15 is 0 Å². The molecule has 1 heterocycles. The molecule has 1 aliphatic heterocycles. The number of nitrogens with zero attached hydrogens (tertiary/aromatic N) is 1. The van der Waals surface area contributed by atoms with E-state index in [0.717, 1.165) is 4.90 Å². The van der Waals surface area contributed by atoms with Crippen molar-refractivity contribution in [2.45, 2.75) is 12.5 Å². The van der Waals surface area contributed by atoms with E-state index in [-0.39, 0.29) is 0 Å². The van der Waals surface area contributed by atoms with Gasteiger partial charge in [0.15, 0.2) is 0 Å². The fourth-order valence-corrected chi connectivity index (χ4v) is 2.69. The Morgan fingerprint density at radius 3 is 2.40 bits per heavy atom. The molecule has 1 fully saturated rings. The molecule has 0 radical (unpaired) electrons. The van der Waals surface area contributed by atoms with Crippen LogP contribution in [-0.4, -0.2) is 29.3 Å². The number of amides is 4. The lowest BCUT2D eigenvalue weighted by atomic mass is 9.92. The minimum atomic E-state index is -1.21. The van der Waals surface area contributed by atoms with Gasteiger partial charge in [-0.1, -0.05) is 30.3 Å². The first-order chi connectivity index (χ1) is 11.9. The van der Waals surface area contributed by atoms with E-state index in [1.54, 1.807) is 31.2 Å². The van der Waals surface area contributed by atoms with Crippen LogP contribution in [0.25, 0.3) is 0 Å². The van der Waals surface area contributed by atoms with Gasteiger partial charge in [-0.15, -0.1) is 0 Å². The molecule has 6 nitrogen and oxygen atoms in total. The molecule has 0 unspecified atom stereocenters. The number of urea groups is 1. The Kier molecular flexibility index (Phi) is 4.22. The topological polar surface area (TPSA) is 78.5 Å². The van der Waals surface area contributed by atoms with Gasteiger partial charge in [0.2, 0.25) is 5.91 Å². The fourth-order valence-electron chi connectivity index (χ4n) is 2.69. The third-order valence-electron chi connectivity index (χ3n) is 4.06. The van der Waals surface area contributed by atoms with Gasteiger partial charge in [-0.2, -0.15) is 0 Å². The molecule has 1 saturated heterocycles. The van der Waals surface area contributed by atoms with E-state index in [1.807, 2.05) is 6.07 Å². The Balaban J connectivity index is 1.72. The van der Waals surface area contributed by atoms with Gasteiger partial charge < -0.3 is 10.6 Å². The molecule has 4 amide bonds. The van der Waals surface area contributed by atoms with Crippen LogP contribution in [0.5, 0.6) is 0 Å². The van der Waals surface area contributed by atoms with E-state index in [0.29, 0.717) is 11.3 Å². The molecular weight excluding hydrogens is 325 g/mol. The summed E-state index contributed by atoms with van der Waals surface area (Å²) in [7, 11) is 0. The molecule has 25 heavy (non-hydrogen) atoms. The number of hydrogen-bond acceptors (Lipinski definition) is 3. The molecule has 0 saturated carbocycles. The van der Waals surface area contributed by atoms with Crippen LogP contribution in [0.15, 0.2) is 54.6 Å². The van der Waals surface area contributed by atoms with Crippen molar-refractivity contribution in [2.75, 3.05) is 11.9 Å². The highest BCUT2D eigenvalue weighted by Crippen LogP contribution is 2.28. The predicted octanol–water partition coefficient (Wildman–Crippen LogP) is 2.23. The Labute approximate surface area is 143 Å². The Morgan fingerprint density at radius 1 is 1.12 bits per heavy atom. The number of anilines is 1. The Bertz CT molecular complexity index is 823. The summed E-state index contributed by atoms with van der Waals surface area (Å²) in [5.74, 6) is -1.48. The summed E-state index contributed by atoms with van der Waals surface area (Å²) in [5, 5.41) is 5.16. The number of hydrogen-bond donors (Lipinski definition) is 2. The number of carbonyl (C=O) groups is 3. The van der Waals surface area contributed by atoms with Crippen LogP contribution in [-0.2, 0) is 15.1 Å². The standard InChI is InChI=1S/C18H16FN3O3/c1-18(12-5-3-2-4-6-12)16(24)22(17(25)21-18)11-15(23)20-14-9-7-13(19)8-10-14/h2-10H,11H2,1H3,(H,20,23)(H,21,25)/t18-/m0/s1. The maximum Gasteiger partial charge on any atom is 0.325 e. The molecule has 3 rings (SSSR count). The van der Waals surface area contributed by atoms with Crippen molar-refractivity contribution < 1.29 is 18.8 Å². The maximum atomic E-state index is 12.9. The van der Waals surface area contributed by atoms with Crippen LogP contribution in [0, 0.1) is 5.82 Å². The third-order valence-corrected chi connectivity index (χ3v) is 4.06. The van der Waals surface area contributed by atoms with E-state index in [2.05, 4.69) is 10.6 Å². The van der Waals surface area contributed by atoms with E-state index < -0.39 is 35.7 Å². The fraction of sp³-hybridized carbons (Fsp3) is 0.167. The lowest BCUT2D eigenvalue weighted by Gasteiger charge is -2.22. The number of carbonyl (C=O) groups excluding carboxylic acids is 3. The van der Waals surface area contributed by atoms with Crippen molar-refractivity contribution in [2.24, 2.45) is 0 Å². The van der Waals surface area contributed by atoms with Crippen LogP contribution < -0.4 is 10.6 Å². The average Bonchev–Trinajstić information content (AvgIpc) is 2.82. The van der Waals surface area contributed by atoms with Gasteiger partial charge in [0.25, 0.3) is 5.91 Å². The van der Waals surface area contributed by atoms with Gasteiger partial charge in [0.05, 0.1) is 0 Å². The molecule has 2 aromatic carbocycles. The van der Waals surface area contributed by atoms with Crippen LogP contribution in [0.3, 0.4) is 0 Å². The molecule has 128 valence electrons. The van der Waals surface area contributed by atoms with Crippen molar-refractivity contribution >= 4 is 23.5 Å². The Morgan fingerprint density at radius 2 is 1.76 bits per heavy atom. The van der Waals surface area contributed by atoms with Gasteiger partial charge >= 0.3 is 6.03 Å². The van der Waals surface area contributed by atoms with Gasteiger partial charge in [-0.25, -0.2) is 9.18 Å². The highest BCUT2D eigenvalue weighted by Gasteiger charge is 2.49. The second kappa shape index (κ2) is 6.35. The molecule has 1 atom stereocenters. The summed E-state index contributed by atoms with van der Waals surface area (Å²) in [6, 6.07) is 13.4. The molecule has 7 heteroatoms. The molecule has 0 aliphatic carbocycles. The summed E-state index contributed by atoms with van der Waals surface area (Å²) in [6.07, 6.45) is 0. The molecule has 2 N–H and O–H groups in total. The van der Waals surface area contributed by atoms with Gasteiger partial charge in [0.1, 0.15) is 17.9 Å². The minimum Gasteiger partial charge on any atom is -0.325 e. The molecule has 0 aromatic heterocycles. The van der Waals surface area contributed by atoms with Crippen LogP contribution in [0.1, 0.15) is 12.5 Å². The second-order valence-corrected chi connectivity index (χ2v) is 5.87. The first-order valence-electron chi connectivity index (χ1n) is 7.65. The monoisotopic (exact) mass is 341 g/mol. The number of imide groups is 1. The van der Waals surface area contributed by atoms with Crippen LogP contribution in [0.4, 0.5) is 14.9 Å². The molecule has 0 spiro atoms. The smallest absolute Gasteiger partial charge is 0.325 e. The van der Waals surface area contributed by atoms with E-state index in [1.165, 1.54) is 24.3 Å². The van der Waals surface area contributed by atoms with Gasteiger partial charge in [-0.3, -0.25) is 14.5 Å². The lowest BCUT2D eigenvalue weighted by molar-refractivity contribution is -0.133. The first-order valence-corrected chi connectivity index (χ1v) is 7.65. The van der Waals surface area contributed by atoms with Crippen molar-refractivity contribution in [1.29, 1.82) is 0 Å². The van der Waals surface area contributed by atoms with Crippen molar-refractivity contribution in [1.82, 2.24) is 10.2 Å². The second-order valence-electron chi connectivity index (χ2n) is 5.87. The SMILES string of the molecule is C[C@@]1(c2ccccc2)NC(=O)N(CC(=O)Nc2ccc(F)cc2)C1=O. The summed E-state index contributed by atoms with van der Waals surface area (Å²) < 4.78 is 12.9. The molecule has 1 aliphatic rings. The number of nitrogens with one attached hydrogen (secondary N) is 2. The van der Waals surface area contributed by atoms with Crippen molar-refractivity contribution in [3.8, 4) is 0 Å². The summed E-state index contributed by atoms with van der Waals surface area (Å²) >= 11 is 0. The maximum absolute atomic E-state index is 12.9. The van der Waals surface area contributed by atoms with Crippen molar-refractivity contribution in [3.63, 3.8) is 0 Å². The van der Waals surface area contributed by atoms with Crippen LogP contribution >= 0.6 is 0 Å². The number of halogens is 1. The molecule has 2 aromatic rings. The summed E-state index contributed by atoms with van der Waals surface area (Å²) in [6.45, 7) is 1.17. The van der Waals surface area contributed by atoms with E-state index in [9.17, 15) is 18.8 Å². The zero-order valence-corrected chi connectivity index (χ0v) is 13.5. The normalized spacial score (nSPS) is 19.7. The lowest BCUT2D eigenvalue weighted by Crippen LogP contribution is -2.42. The van der Waals surface area contributed by atoms with Gasteiger partial charge in [0, 0.05) is 5.69 Å². The third kappa shape index (κ3) is 3.21.